The number of allylic oxidation sites excluding steroid dienone is 3. The van der Waals surface area contributed by atoms with Crippen molar-refractivity contribution < 1.29 is 4.39 Å². The quantitative estimate of drug-likeness (QED) is 0.466. The zero-order valence-corrected chi connectivity index (χ0v) is 20.2. The Morgan fingerprint density at radius 3 is 2.61 bits per heavy atom. The van der Waals surface area contributed by atoms with Crippen LogP contribution in [0.3, 0.4) is 0 Å². The predicted molar refractivity (Wildman–Crippen MR) is 135 cm³/mol. The zero-order chi connectivity index (χ0) is 23.4. The summed E-state index contributed by atoms with van der Waals surface area (Å²) in [5, 5.41) is 4.76. The van der Waals surface area contributed by atoms with E-state index in [1.165, 1.54) is 55.5 Å². The first-order valence-electron chi connectivity index (χ1n) is 12.5. The number of hydrogen-bond donors (Lipinski definition) is 0. The monoisotopic (exact) mass is 446 g/mol. The molecule has 0 bridgehead atoms. The van der Waals surface area contributed by atoms with Gasteiger partial charge in [-0.25, -0.2) is 4.39 Å². The van der Waals surface area contributed by atoms with Gasteiger partial charge in [0, 0.05) is 36.6 Å². The van der Waals surface area contributed by atoms with Crippen molar-refractivity contribution in [3.8, 4) is 0 Å². The van der Waals surface area contributed by atoms with Gasteiger partial charge in [0.25, 0.3) is 0 Å². The van der Waals surface area contributed by atoms with Crippen LogP contribution in [-0.2, 0) is 12.9 Å². The molecule has 2 radical (unpaired) electrons. The molecule has 174 valence electrons. The Hall–Kier alpha value is -2.37. The van der Waals surface area contributed by atoms with E-state index < -0.39 is 0 Å². The molecule has 0 aliphatic heterocycles. The van der Waals surface area contributed by atoms with E-state index in [4.69, 9.17) is 12.9 Å². The van der Waals surface area contributed by atoms with Crippen LogP contribution in [-0.4, -0.2) is 29.7 Å². The van der Waals surface area contributed by atoms with Crippen molar-refractivity contribution in [3.63, 3.8) is 0 Å². The van der Waals surface area contributed by atoms with E-state index >= 15 is 0 Å². The molecule has 0 aromatic carbocycles. The molecule has 0 saturated heterocycles. The Balaban J connectivity index is 1.62. The summed E-state index contributed by atoms with van der Waals surface area (Å²) in [7, 11) is 7.60. The standard InChI is InChI=1S/C27H36BFN4/c1-19(24-17-31-33(20(24)2)18-21-10-6-4-7-11-21)23-12-8-5-9-13-27(23)32(3)22-14-25(29)26(15-28)30-16-22/h14,16-17,21H,1,4-13,15,18H2,2-3H3. The molecular weight excluding hydrogens is 410 g/mol. The number of rotatable bonds is 7. The highest BCUT2D eigenvalue weighted by molar-refractivity contribution is 6.08. The normalized spacial score (nSPS) is 17.8. The molecule has 6 heteroatoms. The Labute approximate surface area is 199 Å². The molecule has 4 nitrogen and oxygen atoms in total. The summed E-state index contributed by atoms with van der Waals surface area (Å²) in [6.07, 6.45) is 15.9. The summed E-state index contributed by atoms with van der Waals surface area (Å²) >= 11 is 0. The van der Waals surface area contributed by atoms with Crippen LogP contribution in [0.2, 0.25) is 0 Å². The van der Waals surface area contributed by atoms with Crippen molar-refractivity contribution in [2.75, 3.05) is 11.9 Å². The number of halogens is 1. The van der Waals surface area contributed by atoms with Crippen molar-refractivity contribution in [2.24, 2.45) is 5.92 Å². The van der Waals surface area contributed by atoms with Gasteiger partial charge < -0.3 is 4.90 Å². The van der Waals surface area contributed by atoms with Gasteiger partial charge in [0.05, 0.1) is 31.6 Å². The molecule has 2 heterocycles. The minimum atomic E-state index is -0.351. The highest BCUT2D eigenvalue weighted by Gasteiger charge is 2.23. The van der Waals surface area contributed by atoms with Crippen molar-refractivity contribution in [2.45, 2.75) is 84.0 Å². The fraction of sp³-hybridized carbons (Fsp3) is 0.556. The largest absolute Gasteiger partial charge is 0.347 e. The van der Waals surface area contributed by atoms with Crippen molar-refractivity contribution in [1.29, 1.82) is 0 Å². The number of anilines is 1. The lowest BCUT2D eigenvalue weighted by Crippen LogP contribution is -2.19. The number of nitrogens with zero attached hydrogens (tertiary/aromatic N) is 4. The number of aromatic nitrogens is 3. The van der Waals surface area contributed by atoms with E-state index in [0.29, 0.717) is 5.69 Å². The maximum Gasteiger partial charge on any atom is 0.145 e. The minimum absolute atomic E-state index is 0.102. The summed E-state index contributed by atoms with van der Waals surface area (Å²) in [6, 6.07) is 1.54. The molecule has 2 aromatic heterocycles. The van der Waals surface area contributed by atoms with E-state index in [0.717, 1.165) is 55.0 Å². The fourth-order valence-corrected chi connectivity index (χ4v) is 5.41. The van der Waals surface area contributed by atoms with Gasteiger partial charge in [-0.2, -0.15) is 5.10 Å². The summed E-state index contributed by atoms with van der Waals surface area (Å²) in [5.41, 5.74) is 6.90. The second-order valence-electron chi connectivity index (χ2n) is 9.68. The molecule has 0 atom stereocenters. The van der Waals surface area contributed by atoms with Gasteiger partial charge in [0.2, 0.25) is 0 Å². The van der Waals surface area contributed by atoms with Crippen LogP contribution < -0.4 is 4.90 Å². The second-order valence-corrected chi connectivity index (χ2v) is 9.68. The SMILES string of the molecule is [B]Cc1ncc(N(C)C2=C(C(=C)c3cnn(CC4CCCCC4)c3C)CCCCC2)cc1F. The lowest BCUT2D eigenvalue weighted by Gasteiger charge is -2.26. The van der Waals surface area contributed by atoms with Crippen LogP contribution in [0, 0.1) is 18.7 Å². The third-order valence-electron chi connectivity index (χ3n) is 7.53. The maximum atomic E-state index is 14.4. The highest BCUT2D eigenvalue weighted by atomic mass is 19.1. The van der Waals surface area contributed by atoms with E-state index in [-0.39, 0.29) is 12.1 Å². The molecule has 33 heavy (non-hydrogen) atoms. The summed E-state index contributed by atoms with van der Waals surface area (Å²) in [5.74, 6) is 0.382. The van der Waals surface area contributed by atoms with Crippen molar-refractivity contribution in [3.05, 3.63) is 59.1 Å². The Morgan fingerprint density at radius 2 is 1.88 bits per heavy atom. The first-order valence-corrected chi connectivity index (χ1v) is 12.5. The Bertz CT molecular complexity index is 1020. The molecule has 1 saturated carbocycles. The first kappa shape index (κ1) is 23.8. The first-order chi connectivity index (χ1) is 16.0. The average molecular weight is 446 g/mol. The van der Waals surface area contributed by atoms with Gasteiger partial charge in [0.1, 0.15) is 5.82 Å². The van der Waals surface area contributed by atoms with Gasteiger partial charge >= 0.3 is 0 Å². The van der Waals surface area contributed by atoms with Crippen molar-refractivity contribution in [1.82, 2.24) is 14.8 Å². The predicted octanol–water partition coefficient (Wildman–Crippen LogP) is 6.34. The topological polar surface area (TPSA) is 34.0 Å². The van der Waals surface area contributed by atoms with Crippen LogP contribution in [0.25, 0.3) is 5.57 Å². The smallest absolute Gasteiger partial charge is 0.145 e. The third-order valence-corrected chi connectivity index (χ3v) is 7.53. The van der Waals surface area contributed by atoms with Crippen LogP contribution in [0.5, 0.6) is 0 Å². The maximum absolute atomic E-state index is 14.4. The molecule has 0 amide bonds. The fourth-order valence-electron chi connectivity index (χ4n) is 5.41. The molecule has 2 aliphatic carbocycles. The van der Waals surface area contributed by atoms with E-state index in [2.05, 4.69) is 28.1 Å². The average Bonchev–Trinajstić information content (AvgIpc) is 3.03. The van der Waals surface area contributed by atoms with Crippen LogP contribution in [0.1, 0.15) is 81.2 Å². The number of pyridine rings is 1. The molecular formula is C27H36BFN4. The second kappa shape index (κ2) is 10.7. The molecule has 2 aliphatic rings. The lowest BCUT2D eigenvalue weighted by molar-refractivity contribution is 0.306. The number of hydrogen-bond acceptors (Lipinski definition) is 3. The molecule has 4 rings (SSSR count). The van der Waals surface area contributed by atoms with Crippen LogP contribution in [0.4, 0.5) is 10.1 Å². The van der Waals surface area contributed by atoms with Gasteiger partial charge in [-0.05, 0) is 68.8 Å². The third kappa shape index (κ3) is 5.25. The van der Waals surface area contributed by atoms with Gasteiger partial charge in [-0.3, -0.25) is 9.67 Å². The van der Waals surface area contributed by atoms with E-state index in [1.54, 1.807) is 12.3 Å². The summed E-state index contributed by atoms with van der Waals surface area (Å²) in [6.45, 7) is 7.71. The van der Waals surface area contributed by atoms with Gasteiger partial charge in [0.15, 0.2) is 0 Å². The van der Waals surface area contributed by atoms with Gasteiger partial charge in [-0.15, -0.1) is 0 Å². The molecule has 0 unspecified atom stereocenters. The summed E-state index contributed by atoms with van der Waals surface area (Å²) in [4.78, 5) is 6.32. The minimum Gasteiger partial charge on any atom is -0.347 e. The molecule has 2 aromatic rings. The zero-order valence-electron chi connectivity index (χ0n) is 20.2. The molecule has 0 N–H and O–H groups in total. The summed E-state index contributed by atoms with van der Waals surface area (Å²) < 4.78 is 16.6. The molecule has 0 spiro atoms. The van der Waals surface area contributed by atoms with Crippen LogP contribution >= 0.6 is 0 Å². The lowest BCUT2D eigenvalue weighted by atomic mass is 9.89. The van der Waals surface area contributed by atoms with E-state index in [9.17, 15) is 4.39 Å². The van der Waals surface area contributed by atoms with Crippen LogP contribution in [0.15, 0.2) is 36.3 Å². The Morgan fingerprint density at radius 1 is 1.15 bits per heavy atom. The van der Waals surface area contributed by atoms with E-state index in [1.807, 2.05) is 13.2 Å². The highest BCUT2D eigenvalue weighted by Crippen LogP contribution is 2.37. The molecule has 1 fully saturated rings. The van der Waals surface area contributed by atoms with Gasteiger partial charge in [-0.1, -0.05) is 32.3 Å². The van der Waals surface area contributed by atoms with Crippen molar-refractivity contribution >= 4 is 19.1 Å². The Kier molecular flexibility index (Phi) is 7.72.